The van der Waals surface area contributed by atoms with E-state index in [-0.39, 0.29) is 19.8 Å². The number of carbonyl (C=O) groups is 1. The first-order valence-electron chi connectivity index (χ1n) is 14.0. The average Bonchev–Trinajstić information content (AvgIpc) is 3.48. The van der Waals surface area contributed by atoms with Crippen molar-refractivity contribution < 1.29 is 34.0 Å². The van der Waals surface area contributed by atoms with Gasteiger partial charge in [-0.25, -0.2) is 0 Å². The molecule has 4 aromatic rings. The van der Waals surface area contributed by atoms with Gasteiger partial charge in [0.15, 0.2) is 11.5 Å². The Bertz CT molecular complexity index is 1590. The summed E-state index contributed by atoms with van der Waals surface area (Å²) in [7, 11) is 0. The molecule has 11 heteroatoms. The smallest absolute Gasteiger partial charge is 0.323 e. The summed E-state index contributed by atoms with van der Waals surface area (Å²) in [6.45, 7) is 5.90. The van der Waals surface area contributed by atoms with E-state index in [1.165, 1.54) is 0 Å². The fraction of sp³-hybridized carbons (Fsp3) is 0.312. The predicted molar refractivity (Wildman–Crippen MR) is 161 cm³/mol. The minimum Gasteiger partial charge on any atom is -0.488 e. The van der Waals surface area contributed by atoms with Crippen molar-refractivity contribution in [3.63, 3.8) is 0 Å². The normalized spacial score (nSPS) is 13.0. The zero-order valence-electron chi connectivity index (χ0n) is 24.0. The molecule has 1 aliphatic rings. The Labute approximate surface area is 254 Å². The Morgan fingerprint density at radius 2 is 1.86 bits per heavy atom. The molecule has 1 aromatic heterocycles. The molecule has 3 aromatic carbocycles. The molecule has 1 aliphatic heterocycles. The highest BCUT2D eigenvalue weighted by Gasteiger charge is 2.19. The molecule has 0 amide bonds. The summed E-state index contributed by atoms with van der Waals surface area (Å²) in [5, 5.41) is 26.2. The molecule has 0 spiro atoms. The molecular weight excluding hydrogens is 574 g/mol. The predicted octanol–water partition coefficient (Wildman–Crippen LogP) is 5.00. The number of benzene rings is 3. The van der Waals surface area contributed by atoms with E-state index in [0.717, 1.165) is 45.9 Å². The van der Waals surface area contributed by atoms with E-state index in [0.29, 0.717) is 35.3 Å². The van der Waals surface area contributed by atoms with Crippen molar-refractivity contribution in [2.24, 2.45) is 0 Å². The summed E-state index contributed by atoms with van der Waals surface area (Å²) in [5.74, 6) is 1.21. The van der Waals surface area contributed by atoms with Crippen molar-refractivity contribution in [1.82, 2.24) is 15.1 Å². The van der Waals surface area contributed by atoms with E-state index < -0.39 is 18.6 Å². The van der Waals surface area contributed by atoms with Gasteiger partial charge in [0.25, 0.3) is 0 Å². The Morgan fingerprint density at radius 3 is 2.60 bits per heavy atom. The number of fused-ring (bicyclic) bond motifs is 1. The van der Waals surface area contributed by atoms with E-state index in [1.807, 2.05) is 50.4 Å². The number of aryl methyl sites for hydroxylation is 1. The highest BCUT2D eigenvalue weighted by molar-refractivity contribution is 6.32. The molecule has 1 atom stereocenters. The summed E-state index contributed by atoms with van der Waals surface area (Å²) in [4.78, 5) is 11.4. The molecule has 0 aliphatic carbocycles. The molecule has 0 saturated heterocycles. The standard InChI is InChI=1S/C32H34ClN3O7/c1-3-36-16-21(14-35-36)18-42-29-13-30(26(33)11-24(29)15-34-27(17-37)32(38)39)43-19-23-5-4-6-25(20(23)2)22-7-8-28-31(12-22)41-10-9-40-28/h4-8,11-14,16,27,34,37H,3,9-10,15,17-19H2,1-2H3,(H,38,39)/t27-/m1/s1. The lowest BCUT2D eigenvalue weighted by atomic mass is 9.96. The Hall–Kier alpha value is -4.25. The van der Waals surface area contributed by atoms with E-state index >= 15 is 0 Å². The number of aliphatic hydroxyl groups excluding tert-OH is 1. The molecule has 0 fully saturated rings. The van der Waals surface area contributed by atoms with Crippen molar-refractivity contribution >= 4 is 17.6 Å². The molecule has 43 heavy (non-hydrogen) atoms. The summed E-state index contributed by atoms with van der Waals surface area (Å²) in [6.07, 6.45) is 3.63. The largest absolute Gasteiger partial charge is 0.488 e. The van der Waals surface area contributed by atoms with Crippen molar-refractivity contribution in [2.45, 2.75) is 46.2 Å². The zero-order chi connectivity index (χ0) is 30.3. The summed E-state index contributed by atoms with van der Waals surface area (Å²) in [5.41, 5.74) is 5.61. The number of hydrogen-bond acceptors (Lipinski definition) is 8. The van der Waals surface area contributed by atoms with Crippen LogP contribution in [-0.2, 0) is 31.1 Å². The van der Waals surface area contributed by atoms with Crippen molar-refractivity contribution in [1.29, 1.82) is 0 Å². The van der Waals surface area contributed by atoms with Crippen LogP contribution in [0.4, 0.5) is 0 Å². The van der Waals surface area contributed by atoms with Crippen LogP contribution in [0.5, 0.6) is 23.0 Å². The molecule has 0 radical (unpaired) electrons. The number of rotatable bonds is 13. The van der Waals surface area contributed by atoms with E-state index in [1.54, 1.807) is 23.0 Å². The second-order valence-electron chi connectivity index (χ2n) is 10.1. The molecule has 5 rings (SSSR count). The third kappa shape index (κ3) is 7.22. The third-order valence-corrected chi connectivity index (χ3v) is 7.52. The first kappa shape index (κ1) is 30.2. The molecule has 0 unspecified atom stereocenters. The van der Waals surface area contributed by atoms with Crippen LogP contribution in [0.25, 0.3) is 11.1 Å². The molecule has 10 nitrogen and oxygen atoms in total. The molecule has 0 saturated carbocycles. The van der Waals surface area contributed by atoms with Gasteiger partial charge in [-0.2, -0.15) is 5.10 Å². The number of hydrogen-bond donors (Lipinski definition) is 3. The van der Waals surface area contributed by atoms with Crippen molar-refractivity contribution in [3.05, 3.63) is 88.2 Å². The van der Waals surface area contributed by atoms with Gasteiger partial charge in [-0.15, -0.1) is 0 Å². The van der Waals surface area contributed by atoms with Crippen LogP contribution < -0.4 is 24.3 Å². The molecule has 3 N–H and O–H groups in total. The first-order chi connectivity index (χ1) is 20.9. The van der Waals surface area contributed by atoms with E-state index in [2.05, 4.69) is 16.5 Å². The number of aliphatic carboxylic acids is 1. The van der Waals surface area contributed by atoms with Gasteiger partial charge in [-0.1, -0.05) is 35.9 Å². The quantitative estimate of drug-likeness (QED) is 0.193. The van der Waals surface area contributed by atoms with Gasteiger partial charge in [0.05, 0.1) is 17.8 Å². The highest BCUT2D eigenvalue weighted by Crippen LogP contribution is 2.37. The minimum absolute atomic E-state index is 0.109. The number of carboxylic acids is 1. The number of nitrogens with one attached hydrogen (secondary N) is 1. The second-order valence-corrected chi connectivity index (χ2v) is 10.5. The van der Waals surface area contributed by atoms with Crippen molar-refractivity contribution in [2.75, 3.05) is 19.8 Å². The van der Waals surface area contributed by atoms with Crippen LogP contribution in [-0.4, -0.2) is 51.8 Å². The van der Waals surface area contributed by atoms with Crippen LogP contribution in [0, 0.1) is 6.92 Å². The monoisotopic (exact) mass is 607 g/mol. The maximum Gasteiger partial charge on any atom is 0.323 e. The topological polar surface area (TPSA) is 124 Å². The average molecular weight is 608 g/mol. The van der Waals surface area contributed by atoms with Gasteiger partial charge in [0.2, 0.25) is 0 Å². The Balaban J connectivity index is 1.36. The van der Waals surface area contributed by atoms with Gasteiger partial charge >= 0.3 is 5.97 Å². The minimum atomic E-state index is -1.16. The summed E-state index contributed by atoms with van der Waals surface area (Å²) < 4.78 is 25.6. The lowest BCUT2D eigenvalue weighted by Gasteiger charge is -2.20. The molecular formula is C32H34ClN3O7. The number of aromatic nitrogens is 2. The number of halogens is 1. The number of ether oxygens (including phenoxy) is 4. The number of nitrogens with zero attached hydrogens (tertiary/aromatic N) is 2. The SMILES string of the molecule is CCn1cc(COc2cc(OCc3cccc(-c4ccc5c(c4)OCCO5)c3C)c(Cl)cc2CN[C@H](CO)C(=O)O)cn1. The van der Waals surface area contributed by atoms with Crippen LogP contribution in [0.2, 0.25) is 5.02 Å². The summed E-state index contributed by atoms with van der Waals surface area (Å²) >= 11 is 6.64. The Kier molecular flexibility index (Phi) is 9.71. The van der Waals surface area contributed by atoms with Gasteiger partial charge in [-0.3, -0.25) is 14.8 Å². The van der Waals surface area contributed by atoms with E-state index in [9.17, 15) is 15.0 Å². The van der Waals surface area contributed by atoms with Crippen LogP contribution in [0.3, 0.4) is 0 Å². The molecule has 226 valence electrons. The lowest BCUT2D eigenvalue weighted by molar-refractivity contribution is -0.140. The van der Waals surface area contributed by atoms with Crippen molar-refractivity contribution in [3.8, 4) is 34.1 Å². The van der Waals surface area contributed by atoms with Gasteiger partial charge in [0, 0.05) is 36.5 Å². The maximum absolute atomic E-state index is 11.4. The highest BCUT2D eigenvalue weighted by atomic mass is 35.5. The fourth-order valence-corrected chi connectivity index (χ4v) is 5.00. The van der Waals surface area contributed by atoms with Gasteiger partial charge in [-0.05, 0) is 54.3 Å². The van der Waals surface area contributed by atoms with Gasteiger partial charge in [0.1, 0.15) is 44.0 Å². The summed E-state index contributed by atoms with van der Waals surface area (Å²) in [6, 6.07) is 14.2. The van der Waals surface area contributed by atoms with Crippen LogP contribution >= 0.6 is 11.6 Å². The first-order valence-corrected chi connectivity index (χ1v) is 14.4. The number of carboxylic acid groups (broad SMARTS) is 1. The van der Waals surface area contributed by atoms with Gasteiger partial charge < -0.3 is 29.2 Å². The number of aliphatic hydroxyl groups is 1. The lowest BCUT2D eigenvalue weighted by Crippen LogP contribution is -2.39. The van der Waals surface area contributed by atoms with E-state index in [4.69, 9.17) is 30.5 Å². The molecule has 0 bridgehead atoms. The zero-order valence-corrected chi connectivity index (χ0v) is 24.8. The Morgan fingerprint density at radius 1 is 1.07 bits per heavy atom. The second kappa shape index (κ2) is 13.8. The van der Waals surface area contributed by atoms with Crippen LogP contribution in [0.1, 0.15) is 29.2 Å². The third-order valence-electron chi connectivity index (χ3n) is 7.22. The van der Waals surface area contributed by atoms with Crippen LogP contribution in [0.15, 0.2) is 60.9 Å². The molecule has 2 heterocycles. The maximum atomic E-state index is 11.4. The fourth-order valence-electron chi connectivity index (χ4n) is 4.76.